The monoisotopic (exact) mass is 439 g/mol. The normalized spacial score (nSPS) is 15.6. The van der Waals surface area contributed by atoms with E-state index in [0.717, 1.165) is 40.8 Å². The molecule has 3 aromatic rings. The predicted octanol–water partition coefficient (Wildman–Crippen LogP) is 4.19. The van der Waals surface area contributed by atoms with Gasteiger partial charge in [-0.1, -0.05) is 12.1 Å². The first kappa shape index (κ1) is 21.9. The summed E-state index contributed by atoms with van der Waals surface area (Å²) in [6.45, 7) is 6.62. The molecule has 1 aliphatic heterocycles. The molecule has 1 saturated heterocycles. The second kappa shape index (κ2) is 8.66. The number of hydrogen-bond donors (Lipinski definition) is 1. The number of nitrogens with zero attached hydrogens (tertiary/aromatic N) is 4. The van der Waals surface area contributed by atoms with Gasteiger partial charge >= 0.3 is 6.16 Å². The molecule has 0 spiro atoms. The highest BCUT2D eigenvalue weighted by Crippen LogP contribution is 2.37. The van der Waals surface area contributed by atoms with Gasteiger partial charge in [0.2, 0.25) is 0 Å². The molecule has 1 fully saturated rings. The maximum Gasteiger partial charge on any atom is 0.528 e. The van der Waals surface area contributed by atoms with Crippen molar-refractivity contribution in [3.63, 3.8) is 0 Å². The van der Waals surface area contributed by atoms with Gasteiger partial charge in [0, 0.05) is 30.9 Å². The third-order valence-electron chi connectivity index (χ3n) is 5.43. The number of hydroxylamine groups is 2. The van der Waals surface area contributed by atoms with E-state index in [1.165, 1.54) is 6.33 Å². The standard InChI is InChI=1S/C23H29N5O4/c1-23(2,3)31-22(29)32-27-10-8-16(9-11-27)28-13-18(15-6-5-7-17(12-15)30-4)19-20(24)25-14-26-21(19)28/h5-7,12-14,16H,8-11H2,1-4H3,(H2,24,25,26). The zero-order chi connectivity index (χ0) is 22.9. The zero-order valence-electron chi connectivity index (χ0n) is 18.9. The lowest BCUT2D eigenvalue weighted by molar-refractivity contribution is -0.154. The summed E-state index contributed by atoms with van der Waals surface area (Å²) >= 11 is 0. The Morgan fingerprint density at radius 3 is 2.62 bits per heavy atom. The highest BCUT2D eigenvalue weighted by atomic mass is 16.8. The molecule has 0 amide bonds. The molecular formula is C23H29N5O4. The Morgan fingerprint density at radius 1 is 1.19 bits per heavy atom. The summed E-state index contributed by atoms with van der Waals surface area (Å²) in [4.78, 5) is 26.1. The minimum atomic E-state index is -0.678. The summed E-state index contributed by atoms with van der Waals surface area (Å²) in [5.41, 5.74) is 8.41. The average Bonchev–Trinajstić information content (AvgIpc) is 3.14. The van der Waals surface area contributed by atoms with E-state index in [-0.39, 0.29) is 6.04 Å². The van der Waals surface area contributed by atoms with E-state index in [4.69, 9.17) is 20.0 Å². The molecule has 0 aliphatic carbocycles. The molecule has 0 saturated carbocycles. The molecule has 32 heavy (non-hydrogen) atoms. The van der Waals surface area contributed by atoms with Crippen molar-refractivity contribution in [1.82, 2.24) is 19.6 Å². The van der Waals surface area contributed by atoms with E-state index < -0.39 is 11.8 Å². The molecule has 9 heteroatoms. The number of piperidine rings is 1. The van der Waals surface area contributed by atoms with Gasteiger partial charge in [0.25, 0.3) is 0 Å². The number of ether oxygens (including phenoxy) is 2. The molecule has 2 aromatic heterocycles. The fourth-order valence-electron chi connectivity index (χ4n) is 3.98. The van der Waals surface area contributed by atoms with Gasteiger partial charge in [-0.25, -0.2) is 14.8 Å². The number of benzene rings is 1. The van der Waals surface area contributed by atoms with Gasteiger partial charge in [-0.15, -0.1) is 5.06 Å². The summed E-state index contributed by atoms with van der Waals surface area (Å²) in [7, 11) is 1.65. The Bertz CT molecular complexity index is 1110. The minimum absolute atomic E-state index is 0.185. The largest absolute Gasteiger partial charge is 0.528 e. The molecule has 1 aliphatic rings. The topological polar surface area (TPSA) is 105 Å². The number of methoxy groups -OCH3 is 1. The third kappa shape index (κ3) is 4.62. The maximum absolute atomic E-state index is 12.0. The van der Waals surface area contributed by atoms with Crippen LogP contribution < -0.4 is 10.5 Å². The van der Waals surface area contributed by atoms with Gasteiger partial charge in [0.1, 0.15) is 29.1 Å². The summed E-state index contributed by atoms with van der Waals surface area (Å²) in [6, 6.07) is 8.03. The van der Waals surface area contributed by atoms with Crippen molar-refractivity contribution in [3.8, 4) is 16.9 Å². The zero-order valence-corrected chi connectivity index (χ0v) is 18.9. The second-order valence-corrected chi connectivity index (χ2v) is 8.86. The van der Waals surface area contributed by atoms with E-state index in [2.05, 4.69) is 20.7 Å². The van der Waals surface area contributed by atoms with E-state index in [0.29, 0.717) is 18.9 Å². The lowest BCUT2D eigenvalue weighted by atomic mass is 10.1. The SMILES string of the molecule is COc1cccc(-c2cn(C3CCN(OC(=O)OC(C)(C)C)CC3)c3ncnc(N)c23)c1. The van der Waals surface area contributed by atoms with Crippen LogP contribution in [0.2, 0.25) is 0 Å². The van der Waals surface area contributed by atoms with Crippen molar-refractivity contribution in [2.75, 3.05) is 25.9 Å². The van der Waals surface area contributed by atoms with Crippen LogP contribution in [0.25, 0.3) is 22.2 Å². The summed E-state index contributed by atoms with van der Waals surface area (Å²) in [5, 5.41) is 2.48. The molecule has 4 rings (SSSR count). The number of carbonyl (C=O) groups excluding carboxylic acids is 1. The molecule has 1 aromatic carbocycles. The second-order valence-electron chi connectivity index (χ2n) is 8.86. The van der Waals surface area contributed by atoms with Gasteiger partial charge < -0.3 is 24.6 Å². The lowest BCUT2D eigenvalue weighted by Crippen LogP contribution is -2.38. The fourth-order valence-corrected chi connectivity index (χ4v) is 3.98. The molecule has 9 nitrogen and oxygen atoms in total. The first-order chi connectivity index (χ1) is 15.2. The van der Waals surface area contributed by atoms with Crippen LogP contribution in [0.3, 0.4) is 0 Å². The summed E-state index contributed by atoms with van der Waals surface area (Å²) < 4.78 is 12.8. The van der Waals surface area contributed by atoms with Crippen molar-refractivity contribution < 1.29 is 19.1 Å². The molecule has 2 N–H and O–H groups in total. The van der Waals surface area contributed by atoms with Crippen molar-refractivity contribution in [1.29, 1.82) is 0 Å². The number of carbonyl (C=O) groups is 1. The van der Waals surface area contributed by atoms with Crippen LogP contribution >= 0.6 is 0 Å². The van der Waals surface area contributed by atoms with Crippen molar-refractivity contribution in [2.24, 2.45) is 0 Å². The average molecular weight is 440 g/mol. The number of rotatable bonds is 4. The Balaban J connectivity index is 1.57. The van der Waals surface area contributed by atoms with E-state index in [1.54, 1.807) is 12.2 Å². The molecular weight excluding hydrogens is 410 g/mol. The van der Waals surface area contributed by atoms with Crippen molar-refractivity contribution in [2.45, 2.75) is 45.3 Å². The van der Waals surface area contributed by atoms with Crippen LogP contribution in [0.1, 0.15) is 39.7 Å². The van der Waals surface area contributed by atoms with Crippen LogP contribution in [-0.4, -0.2) is 51.6 Å². The van der Waals surface area contributed by atoms with E-state index >= 15 is 0 Å². The van der Waals surface area contributed by atoms with Crippen molar-refractivity contribution in [3.05, 3.63) is 36.8 Å². The fraction of sp³-hybridized carbons (Fsp3) is 0.435. The molecule has 0 unspecified atom stereocenters. The molecule has 0 atom stereocenters. The smallest absolute Gasteiger partial charge is 0.497 e. The quantitative estimate of drug-likeness (QED) is 0.603. The number of nitrogens with two attached hydrogens (primary N) is 1. The maximum atomic E-state index is 12.0. The predicted molar refractivity (Wildman–Crippen MR) is 121 cm³/mol. The van der Waals surface area contributed by atoms with E-state index in [9.17, 15) is 4.79 Å². The van der Waals surface area contributed by atoms with Crippen LogP contribution in [0.5, 0.6) is 5.75 Å². The number of aromatic nitrogens is 3. The number of nitrogen functional groups attached to an aromatic ring is 1. The van der Waals surface area contributed by atoms with Crippen LogP contribution in [0.4, 0.5) is 10.6 Å². The molecule has 0 radical (unpaired) electrons. The Hall–Kier alpha value is -3.33. The first-order valence-corrected chi connectivity index (χ1v) is 10.7. The van der Waals surface area contributed by atoms with E-state index in [1.807, 2.05) is 45.0 Å². The Morgan fingerprint density at radius 2 is 1.94 bits per heavy atom. The number of hydrogen-bond acceptors (Lipinski definition) is 8. The van der Waals surface area contributed by atoms with Crippen LogP contribution in [0, 0.1) is 0 Å². The Kier molecular flexibility index (Phi) is 5.92. The van der Waals surface area contributed by atoms with Gasteiger partial charge in [-0.2, -0.15) is 0 Å². The van der Waals surface area contributed by atoms with Gasteiger partial charge in [0.15, 0.2) is 0 Å². The van der Waals surface area contributed by atoms with Crippen molar-refractivity contribution >= 4 is 23.0 Å². The lowest BCUT2D eigenvalue weighted by Gasteiger charge is -2.31. The minimum Gasteiger partial charge on any atom is -0.497 e. The highest BCUT2D eigenvalue weighted by molar-refractivity contribution is 6.00. The summed E-state index contributed by atoms with van der Waals surface area (Å²) in [6.07, 6.45) is 4.47. The summed E-state index contributed by atoms with van der Waals surface area (Å²) in [5.74, 6) is 1.21. The van der Waals surface area contributed by atoms with Gasteiger partial charge in [-0.05, 0) is 51.3 Å². The van der Waals surface area contributed by atoms with Crippen LogP contribution in [0.15, 0.2) is 36.8 Å². The van der Waals surface area contributed by atoms with Crippen LogP contribution in [-0.2, 0) is 9.57 Å². The number of anilines is 1. The highest BCUT2D eigenvalue weighted by Gasteiger charge is 2.28. The molecule has 170 valence electrons. The number of fused-ring (bicyclic) bond motifs is 1. The van der Waals surface area contributed by atoms with Gasteiger partial charge in [0.05, 0.1) is 12.5 Å². The van der Waals surface area contributed by atoms with Gasteiger partial charge in [-0.3, -0.25) is 0 Å². The molecule has 0 bridgehead atoms. The third-order valence-corrected chi connectivity index (χ3v) is 5.43. The Labute approximate surface area is 187 Å². The first-order valence-electron chi connectivity index (χ1n) is 10.7. The molecule has 3 heterocycles.